The first-order valence-corrected chi connectivity index (χ1v) is 7.97. The Morgan fingerprint density at radius 2 is 1.76 bits per heavy atom. The first-order chi connectivity index (χ1) is 10.1. The molecular formula is C19H27NO. The minimum absolute atomic E-state index is 0.377. The van der Waals surface area contributed by atoms with E-state index in [1.165, 1.54) is 16.7 Å². The van der Waals surface area contributed by atoms with Crippen LogP contribution in [0.25, 0.3) is 0 Å². The third-order valence-electron chi connectivity index (χ3n) is 4.17. The Bertz CT molecular complexity index is 556. The summed E-state index contributed by atoms with van der Waals surface area (Å²) in [4.78, 5) is 0. The monoisotopic (exact) mass is 285 g/mol. The van der Waals surface area contributed by atoms with Gasteiger partial charge in [-0.2, -0.15) is 0 Å². The molecule has 0 bridgehead atoms. The number of hydrogen-bond acceptors (Lipinski definition) is 2. The van der Waals surface area contributed by atoms with Gasteiger partial charge in [0.2, 0.25) is 0 Å². The van der Waals surface area contributed by atoms with Crippen molar-refractivity contribution in [3.8, 4) is 0 Å². The Labute approximate surface area is 128 Å². The van der Waals surface area contributed by atoms with E-state index in [1.807, 2.05) is 0 Å². The Balaban J connectivity index is 2.14. The lowest BCUT2D eigenvalue weighted by molar-refractivity contribution is 0.468. The Hall–Kier alpha value is -1.54. The smallest absolute Gasteiger partial charge is 0.106 e. The summed E-state index contributed by atoms with van der Waals surface area (Å²) in [6.45, 7) is 9.56. The molecule has 0 radical (unpaired) electrons. The second kappa shape index (κ2) is 7.46. The molecule has 2 nitrogen and oxygen atoms in total. The lowest BCUT2D eigenvalue weighted by Gasteiger charge is -2.19. The molecular weight excluding hydrogens is 258 g/mol. The van der Waals surface area contributed by atoms with Crippen LogP contribution in [0.2, 0.25) is 0 Å². The zero-order valence-corrected chi connectivity index (χ0v) is 13.7. The van der Waals surface area contributed by atoms with Gasteiger partial charge in [-0.3, -0.25) is 0 Å². The van der Waals surface area contributed by atoms with Crippen LogP contribution in [0.1, 0.15) is 54.0 Å². The highest BCUT2D eigenvalue weighted by molar-refractivity contribution is 5.34. The topological polar surface area (TPSA) is 25.2 Å². The van der Waals surface area contributed by atoms with Gasteiger partial charge in [0.25, 0.3) is 0 Å². The van der Waals surface area contributed by atoms with E-state index < -0.39 is 0 Å². The van der Waals surface area contributed by atoms with Gasteiger partial charge >= 0.3 is 0 Å². The van der Waals surface area contributed by atoms with E-state index in [2.05, 4.69) is 63.3 Å². The van der Waals surface area contributed by atoms with Crippen molar-refractivity contribution in [1.29, 1.82) is 0 Å². The predicted molar refractivity (Wildman–Crippen MR) is 88.7 cm³/mol. The molecule has 1 aromatic carbocycles. The number of nitrogens with one attached hydrogen (secondary N) is 1. The predicted octanol–water partition coefficient (Wildman–Crippen LogP) is 4.88. The van der Waals surface area contributed by atoms with Crippen LogP contribution >= 0.6 is 0 Å². The van der Waals surface area contributed by atoms with E-state index in [-0.39, 0.29) is 0 Å². The van der Waals surface area contributed by atoms with Gasteiger partial charge in [-0.25, -0.2) is 0 Å². The summed E-state index contributed by atoms with van der Waals surface area (Å²) in [5.41, 5.74) is 4.06. The van der Waals surface area contributed by atoms with Crippen LogP contribution in [-0.4, -0.2) is 6.54 Å². The van der Waals surface area contributed by atoms with Crippen LogP contribution in [0.15, 0.2) is 34.7 Å². The summed E-state index contributed by atoms with van der Waals surface area (Å²) in [7, 11) is 0. The van der Waals surface area contributed by atoms with Gasteiger partial charge < -0.3 is 9.73 Å². The molecule has 1 unspecified atom stereocenters. The van der Waals surface area contributed by atoms with E-state index >= 15 is 0 Å². The lowest BCUT2D eigenvalue weighted by Crippen LogP contribution is -2.23. The minimum Gasteiger partial charge on any atom is -0.466 e. The normalized spacial score (nSPS) is 12.6. The number of hydrogen-bond donors (Lipinski definition) is 1. The molecule has 21 heavy (non-hydrogen) atoms. The average molecular weight is 285 g/mol. The molecule has 0 aliphatic heterocycles. The molecule has 0 saturated heterocycles. The molecule has 1 heterocycles. The van der Waals surface area contributed by atoms with E-state index in [9.17, 15) is 0 Å². The van der Waals surface area contributed by atoms with E-state index in [1.54, 1.807) is 0 Å². The quantitative estimate of drug-likeness (QED) is 0.784. The second-order valence-electron chi connectivity index (χ2n) is 5.78. The van der Waals surface area contributed by atoms with Crippen molar-refractivity contribution < 1.29 is 4.42 Å². The van der Waals surface area contributed by atoms with Crippen LogP contribution in [-0.2, 0) is 6.42 Å². The van der Waals surface area contributed by atoms with Crippen LogP contribution in [0, 0.1) is 20.8 Å². The molecule has 0 aliphatic rings. The van der Waals surface area contributed by atoms with Crippen LogP contribution in [0.3, 0.4) is 0 Å². The molecule has 2 aromatic rings. The molecule has 1 N–H and O–H groups in total. The van der Waals surface area contributed by atoms with Gasteiger partial charge in [0.1, 0.15) is 11.5 Å². The maximum Gasteiger partial charge on any atom is 0.106 e. The molecule has 1 atom stereocenters. The Morgan fingerprint density at radius 3 is 2.33 bits per heavy atom. The van der Waals surface area contributed by atoms with Crippen molar-refractivity contribution in [2.24, 2.45) is 0 Å². The third kappa shape index (κ3) is 3.98. The maximum absolute atomic E-state index is 5.82. The first kappa shape index (κ1) is 15.8. The van der Waals surface area contributed by atoms with Gasteiger partial charge in [-0.05, 0) is 57.7 Å². The third-order valence-corrected chi connectivity index (χ3v) is 4.17. The summed E-state index contributed by atoms with van der Waals surface area (Å²) in [5, 5.41) is 3.69. The molecule has 2 heteroatoms. The second-order valence-corrected chi connectivity index (χ2v) is 5.78. The summed E-state index contributed by atoms with van der Waals surface area (Å²) in [6, 6.07) is 11.1. The number of aryl methyl sites for hydroxylation is 3. The zero-order chi connectivity index (χ0) is 15.2. The highest BCUT2D eigenvalue weighted by Gasteiger charge is 2.20. The molecule has 1 aromatic heterocycles. The fourth-order valence-electron chi connectivity index (χ4n) is 2.94. The first-order valence-electron chi connectivity index (χ1n) is 7.97. The van der Waals surface area contributed by atoms with Crippen LogP contribution < -0.4 is 5.32 Å². The summed E-state index contributed by atoms with van der Waals surface area (Å²) >= 11 is 0. The van der Waals surface area contributed by atoms with E-state index in [0.29, 0.717) is 6.04 Å². The number of rotatable bonds is 7. The molecule has 0 amide bonds. The standard InChI is InChI=1S/C19H27NO/c1-5-13-20-18(12-11-17-9-7-6-8-10-17)19-14(2)15(3)21-16(19)4/h6-10,18,20H,5,11-13H2,1-4H3. The summed E-state index contributed by atoms with van der Waals surface area (Å²) in [5.74, 6) is 2.11. The van der Waals surface area contributed by atoms with Crippen molar-refractivity contribution in [2.75, 3.05) is 6.54 Å². The van der Waals surface area contributed by atoms with Gasteiger partial charge in [0, 0.05) is 11.6 Å². The van der Waals surface area contributed by atoms with Crippen LogP contribution in [0.5, 0.6) is 0 Å². The zero-order valence-electron chi connectivity index (χ0n) is 13.7. The SMILES string of the molecule is CCCNC(CCc1ccccc1)c1c(C)oc(C)c1C. The average Bonchev–Trinajstić information content (AvgIpc) is 2.74. The van der Waals surface area contributed by atoms with Crippen molar-refractivity contribution in [2.45, 2.75) is 53.0 Å². The van der Waals surface area contributed by atoms with Crippen molar-refractivity contribution >= 4 is 0 Å². The maximum atomic E-state index is 5.82. The summed E-state index contributed by atoms with van der Waals surface area (Å²) < 4.78 is 5.82. The lowest BCUT2D eigenvalue weighted by atomic mass is 9.96. The highest BCUT2D eigenvalue weighted by Crippen LogP contribution is 2.30. The molecule has 2 rings (SSSR count). The van der Waals surface area contributed by atoms with Crippen molar-refractivity contribution in [3.63, 3.8) is 0 Å². The van der Waals surface area contributed by atoms with Gasteiger partial charge in [-0.1, -0.05) is 37.3 Å². The molecule has 114 valence electrons. The van der Waals surface area contributed by atoms with Crippen molar-refractivity contribution in [3.05, 3.63) is 58.5 Å². The fraction of sp³-hybridized carbons (Fsp3) is 0.474. The molecule has 0 fully saturated rings. The van der Waals surface area contributed by atoms with Gasteiger partial charge in [-0.15, -0.1) is 0 Å². The Kier molecular flexibility index (Phi) is 5.63. The van der Waals surface area contributed by atoms with Gasteiger partial charge in [0.15, 0.2) is 0 Å². The minimum atomic E-state index is 0.377. The largest absolute Gasteiger partial charge is 0.466 e. The van der Waals surface area contributed by atoms with E-state index in [4.69, 9.17) is 4.42 Å². The van der Waals surface area contributed by atoms with Gasteiger partial charge in [0.05, 0.1) is 0 Å². The highest BCUT2D eigenvalue weighted by atomic mass is 16.3. The number of benzene rings is 1. The molecule has 0 saturated carbocycles. The summed E-state index contributed by atoms with van der Waals surface area (Å²) in [6.07, 6.45) is 3.34. The molecule has 0 spiro atoms. The van der Waals surface area contributed by atoms with Crippen LogP contribution in [0.4, 0.5) is 0 Å². The van der Waals surface area contributed by atoms with E-state index in [0.717, 1.165) is 37.3 Å². The van der Waals surface area contributed by atoms with Crippen molar-refractivity contribution in [1.82, 2.24) is 5.32 Å². The molecule has 0 aliphatic carbocycles. The fourth-order valence-corrected chi connectivity index (χ4v) is 2.94. The number of furan rings is 1. The Morgan fingerprint density at radius 1 is 1.05 bits per heavy atom.